The van der Waals surface area contributed by atoms with Crippen molar-refractivity contribution in [2.45, 2.75) is 26.2 Å². The zero-order valence-electron chi connectivity index (χ0n) is 21.7. The fraction of sp³-hybridized carbons (Fsp3) is 0.300. The predicted molar refractivity (Wildman–Crippen MR) is 139 cm³/mol. The third-order valence-corrected chi connectivity index (χ3v) is 7.62. The summed E-state index contributed by atoms with van der Waals surface area (Å²) in [4.78, 5) is 26.5. The van der Waals surface area contributed by atoms with Gasteiger partial charge in [-0.2, -0.15) is 0 Å². The average molecular weight is 551 g/mol. The molecule has 2 aromatic carbocycles. The van der Waals surface area contributed by atoms with Crippen LogP contribution in [-0.2, 0) is 16.0 Å². The average Bonchev–Trinajstić information content (AvgIpc) is 2.85. The first-order valence-electron chi connectivity index (χ1n) is 13.2. The number of aromatic carboxylic acids is 1. The Hall–Kier alpha value is -4.34. The fourth-order valence-corrected chi connectivity index (χ4v) is 5.33. The van der Waals surface area contributed by atoms with Crippen LogP contribution in [0.15, 0.2) is 40.8 Å². The van der Waals surface area contributed by atoms with Gasteiger partial charge in [-0.05, 0) is 31.5 Å². The van der Waals surface area contributed by atoms with Gasteiger partial charge in [0.2, 0.25) is 5.36 Å². The summed E-state index contributed by atoms with van der Waals surface area (Å²) in [5.41, 5.74) is -1.43. The summed E-state index contributed by atoms with van der Waals surface area (Å²) >= 11 is 0. The monoisotopic (exact) mass is 550 g/mol. The maximum absolute atomic E-state index is 16.3. The first-order chi connectivity index (χ1) is 19.3. The fourth-order valence-electron chi connectivity index (χ4n) is 5.33. The van der Waals surface area contributed by atoms with E-state index in [1.54, 1.807) is 36.4 Å². The zero-order valence-corrected chi connectivity index (χ0v) is 21.7. The summed E-state index contributed by atoms with van der Waals surface area (Å²) < 4.78 is 59.9. The number of rotatable bonds is 6. The number of carbonyl (C=O) groups excluding carboxylic acids is 2. The maximum Gasteiger partial charge on any atom is 0.310 e. The lowest BCUT2D eigenvalue weighted by molar-refractivity contribution is -0.255. The highest BCUT2D eigenvalue weighted by molar-refractivity contribution is 6.08. The van der Waals surface area contributed by atoms with Crippen LogP contribution in [0.25, 0.3) is 33.4 Å². The smallest absolute Gasteiger partial charge is 0.310 e. The third-order valence-electron chi connectivity index (χ3n) is 7.62. The van der Waals surface area contributed by atoms with Gasteiger partial charge in [0.25, 0.3) is 0 Å². The molecule has 0 unspecified atom stereocenters. The minimum Gasteiger partial charge on any atom is -0.545 e. The standard InChI is InChI=1S/C30H25F3N2O5/c1-2-39-23(36)15-20-27(31)25(26(30(37)38)29(33)28(20)32)24-18-7-5-16(34-9-3-10-34)13-21(18)40-22-14-17(6-8-19(22)24)35-11-4-12-35/h5-8,13-14H,2-4,9-12,15H2,1H3. The molecule has 6 rings (SSSR count). The van der Waals surface area contributed by atoms with E-state index in [-0.39, 0.29) is 12.2 Å². The van der Waals surface area contributed by atoms with Crippen LogP contribution in [0.5, 0.6) is 0 Å². The van der Waals surface area contributed by atoms with Gasteiger partial charge in [-0.1, -0.05) is 0 Å². The molecule has 3 heterocycles. The molecule has 2 aromatic rings. The van der Waals surface area contributed by atoms with E-state index in [2.05, 4.69) is 9.48 Å². The van der Waals surface area contributed by atoms with Gasteiger partial charge >= 0.3 is 5.97 Å². The molecular formula is C30H25F3N2O5. The molecule has 0 bridgehead atoms. The molecule has 2 fully saturated rings. The molecule has 0 radical (unpaired) electrons. The Morgan fingerprint density at radius 1 is 1.00 bits per heavy atom. The van der Waals surface area contributed by atoms with Crippen LogP contribution in [0.4, 0.5) is 18.9 Å². The largest absolute Gasteiger partial charge is 0.545 e. The molecule has 0 spiro atoms. The van der Waals surface area contributed by atoms with Gasteiger partial charge in [-0.3, -0.25) is 4.79 Å². The summed E-state index contributed by atoms with van der Waals surface area (Å²) in [6.45, 7) is 4.89. The Morgan fingerprint density at radius 3 is 2.40 bits per heavy atom. The predicted octanol–water partition coefficient (Wildman–Crippen LogP) is 3.48. The number of hydrogen-bond acceptors (Lipinski definition) is 6. The van der Waals surface area contributed by atoms with Gasteiger partial charge in [-0.15, -0.1) is 0 Å². The van der Waals surface area contributed by atoms with Crippen molar-refractivity contribution in [2.24, 2.45) is 0 Å². The number of carboxylic acids is 1. The van der Waals surface area contributed by atoms with Crippen molar-refractivity contribution >= 4 is 28.6 Å². The minimum absolute atomic E-state index is 0.00211. The second-order valence-corrected chi connectivity index (χ2v) is 9.96. The Balaban J connectivity index is 1.71. The lowest BCUT2D eigenvalue weighted by Crippen LogP contribution is -2.40. The van der Waals surface area contributed by atoms with Crippen molar-refractivity contribution in [3.63, 3.8) is 0 Å². The molecule has 10 heteroatoms. The number of carboxylic acid groups (broad SMARTS) is 1. The number of fused-ring (bicyclic) bond motifs is 2. The Kier molecular flexibility index (Phi) is 6.48. The van der Waals surface area contributed by atoms with E-state index < -0.39 is 52.5 Å². The number of benzene rings is 3. The highest BCUT2D eigenvalue weighted by atomic mass is 19.2. The molecule has 206 valence electrons. The van der Waals surface area contributed by atoms with Crippen molar-refractivity contribution in [1.82, 2.24) is 4.58 Å². The van der Waals surface area contributed by atoms with Gasteiger partial charge in [0.15, 0.2) is 11.6 Å². The van der Waals surface area contributed by atoms with Crippen LogP contribution >= 0.6 is 0 Å². The second-order valence-electron chi connectivity index (χ2n) is 9.96. The molecular weight excluding hydrogens is 525 g/mol. The normalized spacial score (nSPS) is 14.8. The molecule has 1 aliphatic carbocycles. The molecule has 0 saturated carbocycles. The molecule has 3 aliphatic heterocycles. The van der Waals surface area contributed by atoms with E-state index in [9.17, 15) is 14.7 Å². The molecule has 0 amide bonds. The van der Waals surface area contributed by atoms with Crippen LogP contribution in [0.1, 0.15) is 35.7 Å². The summed E-state index contributed by atoms with van der Waals surface area (Å²) in [7, 11) is 0. The Bertz CT molecular complexity index is 1740. The number of esters is 1. The molecule has 2 saturated heterocycles. The van der Waals surface area contributed by atoms with E-state index in [4.69, 9.17) is 9.15 Å². The van der Waals surface area contributed by atoms with Crippen LogP contribution in [0, 0.1) is 17.5 Å². The van der Waals surface area contributed by atoms with Crippen LogP contribution in [0.2, 0.25) is 0 Å². The maximum atomic E-state index is 16.3. The highest BCUT2D eigenvalue weighted by Crippen LogP contribution is 2.45. The van der Waals surface area contributed by atoms with Gasteiger partial charge in [-0.25, -0.2) is 17.7 Å². The summed E-state index contributed by atoms with van der Waals surface area (Å²) in [6, 6.07) is 10.4. The van der Waals surface area contributed by atoms with Crippen LogP contribution < -0.4 is 19.9 Å². The van der Waals surface area contributed by atoms with Crippen molar-refractivity contribution in [3.05, 3.63) is 70.3 Å². The van der Waals surface area contributed by atoms with Gasteiger partial charge in [0, 0.05) is 64.1 Å². The van der Waals surface area contributed by atoms with E-state index in [0.29, 0.717) is 22.3 Å². The third kappa shape index (κ3) is 4.18. The topological polar surface area (TPSA) is 85.8 Å². The van der Waals surface area contributed by atoms with E-state index in [1.807, 2.05) is 0 Å². The van der Waals surface area contributed by atoms with Crippen LogP contribution in [-0.4, -0.2) is 44.7 Å². The van der Waals surface area contributed by atoms with Crippen molar-refractivity contribution in [3.8, 4) is 22.5 Å². The number of hydrogen-bond donors (Lipinski definition) is 0. The first-order valence-corrected chi connectivity index (χ1v) is 13.2. The van der Waals surface area contributed by atoms with Crippen LogP contribution in [0.3, 0.4) is 0 Å². The van der Waals surface area contributed by atoms with Crippen molar-refractivity contribution < 1.29 is 37.0 Å². The second kappa shape index (κ2) is 10.0. The molecule has 4 aliphatic rings. The number of ether oxygens (including phenoxy) is 1. The van der Waals surface area contributed by atoms with Gasteiger partial charge in [0.05, 0.1) is 31.5 Å². The molecule has 0 atom stereocenters. The van der Waals surface area contributed by atoms with E-state index in [0.717, 1.165) is 50.1 Å². The SMILES string of the molecule is CCOC(=O)Cc1c(F)c(F)c(C(=O)[O-])c(-c2c3ccc(=[N+]4CCC4)cc-3oc3cc(N4CCC4)ccc23)c1F. The highest BCUT2D eigenvalue weighted by Gasteiger charge is 2.32. The summed E-state index contributed by atoms with van der Waals surface area (Å²) in [6.07, 6.45) is 1.15. The summed E-state index contributed by atoms with van der Waals surface area (Å²) in [5.74, 6) is -7.73. The number of carbonyl (C=O) groups is 2. The lowest BCUT2D eigenvalue weighted by Gasteiger charge is -2.33. The first kappa shape index (κ1) is 25.9. The number of nitrogens with zero attached hydrogens (tertiary/aromatic N) is 2. The van der Waals surface area contributed by atoms with Gasteiger partial charge in [0.1, 0.15) is 30.3 Å². The van der Waals surface area contributed by atoms with Crippen molar-refractivity contribution in [2.75, 3.05) is 37.7 Å². The molecule has 40 heavy (non-hydrogen) atoms. The van der Waals surface area contributed by atoms with E-state index >= 15 is 13.2 Å². The quantitative estimate of drug-likeness (QED) is 0.158. The summed E-state index contributed by atoms with van der Waals surface area (Å²) in [5, 5.41) is 13.4. The molecule has 0 N–H and O–H groups in total. The minimum atomic E-state index is -2.09. The lowest BCUT2D eigenvalue weighted by atomic mass is 9.87. The number of anilines is 1. The Labute approximate surface area is 227 Å². The van der Waals surface area contributed by atoms with Gasteiger partial charge < -0.3 is 24.0 Å². The number of halogens is 3. The molecule has 0 aromatic heterocycles. The Morgan fingerprint density at radius 2 is 1.77 bits per heavy atom. The zero-order chi connectivity index (χ0) is 28.1. The van der Waals surface area contributed by atoms with Crippen molar-refractivity contribution in [1.29, 1.82) is 0 Å². The molecule has 7 nitrogen and oxygen atoms in total. The van der Waals surface area contributed by atoms with E-state index in [1.165, 1.54) is 6.92 Å².